The van der Waals surface area contributed by atoms with Gasteiger partial charge in [-0.1, -0.05) is 11.6 Å². The van der Waals surface area contributed by atoms with Gasteiger partial charge in [-0.25, -0.2) is 4.98 Å². The number of hydrogen-bond donors (Lipinski definition) is 3. The van der Waals surface area contributed by atoms with Crippen molar-refractivity contribution in [3.05, 3.63) is 29.0 Å². The number of aromatic amines is 1. The predicted molar refractivity (Wildman–Crippen MR) is 88.9 cm³/mol. The molecule has 0 saturated heterocycles. The first kappa shape index (κ1) is 16.2. The first-order valence-electron chi connectivity index (χ1n) is 7.77. The van der Waals surface area contributed by atoms with Crippen molar-refractivity contribution in [3.8, 4) is 0 Å². The Morgan fingerprint density at radius 3 is 3.04 bits per heavy atom. The molecule has 23 heavy (non-hydrogen) atoms. The molecule has 1 fully saturated rings. The van der Waals surface area contributed by atoms with E-state index in [4.69, 9.17) is 17.3 Å². The van der Waals surface area contributed by atoms with E-state index in [1.807, 2.05) is 12.1 Å². The number of benzene rings is 1. The molecule has 0 spiro atoms. The van der Waals surface area contributed by atoms with Gasteiger partial charge < -0.3 is 20.7 Å². The fourth-order valence-corrected chi connectivity index (χ4v) is 3.29. The number of aliphatic hydroxyl groups excluding tert-OH is 1. The number of aliphatic hydroxyl groups is 1. The summed E-state index contributed by atoms with van der Waals surface area (Å²) in [7, 11) is 1.75. The van der Waals surface area contributed by atoms with Crippen molar-refractivity contribution < 1.29 is 9.90 Å². The highest BCUT2D eigenvalue weighted by Crippen LogP contribution is 2.26. The molecule has 1 aromatic heterocycles. The molecule has 2 aromatic rings. The molecule has 1 aromatic carbocycles. The van der Waals surface area contributed by atoms with Gasteiger partial charge in [0.15, 0.2) is 0 Å². The number of rotatable bonds is 3. The molecular formula is C16H21ClN4O2. The van der Waals surface area contributed by atoms with Gasteiger partial charge in [0.05, 0.1) is 23.7 Å². The standard InChI is InChI=1S/C16H21ClN4O2/c1-21(16(23)9-2-4-11(18)14(22)6-9)8-15-19-12-5-3-10(17)7-13(12)20-15/h3,5,7,9,11,14,22H,2,4,6,8,18H2,1H3,(H,19,20)/t9-,11+,14+/m0/s1. The Kier molecular flexibility index (Phi) is 4.57. The van der Waals surface area contributed by atoms with Gasteiger partial charge in [-0.05, 0) is 37.5 Å². The number of imidazole rings is 1. The van der Waals surface area contributed by atoms with Crippen LogP contribution in [0.15, 0.2) is 18.2 Å². The van der Waals surface area contributed by atoms with Crippen LogP contribution in [0.4, 0.5) is 0 Å². The zero-order valence-electron chi connectivity index (χ0n) is 13.0. The first-order chi connectivity index (χ1) is 10.9. The second-order valence-electron chi connectivity index (χ2n) is 6.28. The summed E-state index contributed by atoms with van der Waals surface area (Å²) in [4.78, 5) is 21.8. The third-order valence-electron chi connectivity index (χ3n) is 4.47. The Bertz CT molecular complexity index is 717. The number of nitrogens with zero attached hydrogens (tertiary/aromatic N) is 2. The number of carbonyl (C=O) groups excluding carboxylic acids is 1. The summed E-state index contributed by atoms with van der Waals surface area (Å²) < 4.78 is 0. The highest BCUT2D eigenvalue weighted by atomic mass is 35.5. The quantitative estimate of drug-likeness (QED) is 0.794. The molecule has 0 aliphatic heterocycles. The van der Waals surface area contributed by atoms with E-state index in [1.54, 1.807) is 18.0 Å². The van der Waals surface area contributed by atoms with Crippen LogP contribution in [0.2, 0.25) is 5.02 Å². The Morgan fingerprint density at radius 2 is 2.30 bits per heavy atom. The minimum absolute atomic E-state index is 0.0226. The van der Waals surface area contributed by atoms with E-state index in [-0.39, 0.29) is 17.9 Å². The lowest BCUT2D eigenvalue weighted by molar-refractivity contribution is -0.137. The van der Waals surface area contributed by atoms with Crippen LogP contribution in [0.1, 0.15) is 25.1 Å². The molecule has 6 nitrogen and oxygen atoms in total. The highest BCUT2D eigenvalue weighted by Gasteiger charge is 2.32. The lowest BCUT2D eigenvalue weighted by atomic mass is 9.83. The van der Waals surface area contributed by atoms with E-state index in [1.165, 1.54) is 0 Å². The number of amides is 1. The molecule has 0 unspecified atom stereocenters. The van der Waals surface area contributed by atoms with Crippen LogP contribution in [0.5, 0.6) is 0 Å². The monoisotopic (exact) mass is 336 g/mol. The summed E-state index contributed by atoms with van der Waals surface area (Å²) in [6.07, 6.45) is 1.23. The maximum Gasteiger partial charge on any atom is 0.225 e. The van der Waals surface area contributed by atoms with E-state index in [0.29, 0.717) is 30.2 Å². The second kappa shape index (κ2) is 6.47. The zero-order valence-corrected chi connectivity index (χ0v) is 13.8. The molecule has 124 valence electrons. The molecule has 0 radical (unpaired) electrons. The number of aromatic nitrogens is 2. The molecule has 1 aliphatic carbocycles. The zero-order chi connectivity index (χ0) is 16.6. The van der Waals surface area contributed by atoms with Crippen molar-refractivity contribution in [2.24, 2.45) is 11.7 Å². The van der Waals surface area contributed by atoms with Gasteiger partial charge >= 0.3 is 0 Å². The van der Waals surface area contributed by atoms with Gasteiger partial charge in [0, 0.05) is 24.0 Å². The SMILES string of the molecule is CN(Cc1nc2ccc(Cl)cc2[nH]1)C(=O)[C@H]1CC[C@@H](N)[C@H](O)C1. The number of fused-ring (bicyclic) bond motifs is 1. The molecule has 4 N–H and O–H groups in total. The van der Waals surface area contributed by atoms with Gasteiger partial charge in [-0.15, -0.1) is 0 Å². The topological polar surface area (TPSA) is 95.2 Å². The summed E-state index contributed by atoms with van der Waals surface area (Å²) in [5, 5.41) is 10.5. The minimum atomic E-state index is -0.598. The predicted octanol–water partition coefficient (Wildman–Crippen LogP) is 1.66. The average molecular weight is 337 g/mol. The Morgan fingerprint density at radius 1 is 1.52 bits per heavy atom. The van der Waals surface area contributed by atoms with Crippen LogP contribution >= 0.6 is 11.6 Å². The first-order valence-corrected chi connectivity index (χ1v) is 8.14. The van der Waals surface area contributed by atoms with Crippen LogP contribution in [-0.4, -0.2) is 45.1 Å². The number of H-pyrrole nitrogens is 1. The lowest BCUT2D eigenvalue weighted by Crippen LogP contribution is -2.44. The number of halogens is 1. The maximum atomic E-state index is 12.5. The third-order valence-corrected chi connectivity index (χ3v) is 4.71. The van der Waals surface area contributed by atoms with Crippen LogP contribution in [0, 0.1) is 5.92 Å². The Hall–Kier alpha value is -1.63. The van der Waals surface area contributed by atoms with Gasteiger partial charge in [0.1, 0.15) is 5.82 Å². The van der Waals surface area contributed by atoms with Crippen LogP contribution in [0.3, 0.4) is 0 Å². The minimum Gasteiger partial charge on any atom is -0.391 e. The van der Waals surface area contributed by atoms with Crippen molar-refractivity contribution >= 4 is 28.5 Å². The van der Waals surface area contributed by atoms with Crippen LogP contribution < -0.4 is 5.73 Å². The molecular weight excluding hydrogens is 316 g/mol. The molecule has 3 atom stereocenters. The molecule has 7 heteroatoms. The van der Waals surface area contributed by atoms with E-state index < -0.39 is 6.10 Å². The van der Waals surface area contributed by atoms with Crippen molar-refractivity contribution in [1.82, 2.24) is 14.9 Å². The number of nitrogens with two attached hydrogens (primary N) is 1. The number of carbonyl (C=O) groups is 1. The largest absolute Gasteiger partial charge is 0.391 e. The fourth-order valence-electron chi connectivity index (χ4n) is 3.12. The summed E-state index contributed by atoms with van der Waals surface area (Å²) >= 11 is 5.96. The van der Waals surface area contributed by atoms with E-state index in [2.05, 4.69) is 9.97 Å². The molecule has 3 rings (SSSR count). The molecule has 1 amide bonds. The van der Waals surface area contributed by atoms with Crippen LogP contribution in [-0.2, 0) is 11.3 Å². The Labute approximate surface area is 139 Å². The van der Waals surface area contributed by atoms with Crippen molar-refractivity contribution in [3.63, 3.8) is 0 Å². The van der Waals surface area contributed by atoms with Gasteiger partial charge in [0.2, 0.25) is 5.91 Å². The fraction of sp³-hybridized carbons (Fsp3) is 0.500. The van der Waals surface area contributed by atoms with Crippen LogP contribution in [0.25, 0.3) is 11.0 Å². The average Bonchev–Trinajstić information content (AvgIpc) is 2.90. The molecule has 0 bridgehead atoms. The third kappa shape index (κ3) is 3.49. The summed E-state index contributed by atoms with van der Waals surface area (Å²) in [5.41, 5.74) is 7.47. The molecule has 1 aliphatic rings. The second-order valence-corrected chi connectivity index (χ2v) is 6.72. The van der Waals surface area contributed by atoms with Crippen molar-refractivity contribution in [2.45, 2.75) is 38.0 Å². The van der Waals surface area contributed by atoms with E-state index in [0.717, 1.165) is 17.5 Å². The summed E-state index contributed by atoms with van der Waals surface area (Å²) in [5.74, 6) is 0.564. The molecule has 1 heterocycles. The van der Waals surface area contributed by atoms with Crippen molar-refractivity contribution in [1.29, 1.82) is 0 Å². The normalized spacial score (nSPS) is 24.8. The van der Waals surface area contributed by atoms with Gasteiger partial charge in [-0.3, -0.25) is 4.79 Å². The smallest absolute Gasteiger partial charge is 0.225 e. The Balaban J connectivity index is 1.67. The summed E-state index contributed by atoms with van der Waals surface area (Å²) in [6, 6.07) is 5.23. The number of nitrogens with one attached hydrogen (secondary N) is 1. The highest BCUT2D eigenvalue weighted by molar-refractivity contribution is 6.31. The van der Waals surface area contributed by atoms with Gasteiger partial charge in [-0.2, -0.15) is 0 Å². The van der Waals surface area contributed by atoms with Crippen molar-refractivity contribution in [2.75, 3.05) is 7.05 Å². The maximum absolute atomic E-state index is 12.5. The lowest BCUT2D eigenvalue weighted by Gasteiger charge is -2.32. The summed E-state index contributed by atoms with van der Waals surface area (Å²) in [6.45, 7) is 0.393. The van der Waals surface area contributed by atoms with Gasteiger partial charge in [0.25, 0.3) is 0 Å². The molecule has 1 saturated carbocycles. The van der Waals surface area contributed by atoms with E-state index >= 15 is 0 Å². The number of hydrogen-bond acceptors (Lipinski definition) is 4. The van der Waals surface area contributed by atoms with E-state index in [9.17, 15) is 9.90 Å².